The molecular weight excluding hydrogens is 362 g/mol. The number of anilines is 2. The average Bonchev–Trinajstić information content (AvgIpc) is 2.76. The summed E-state index contributed by atoms with van der Waals surface area (Å²) in [4.78, 5) is 13.0. The van der Waals surface area contributed by atoms with Gasteiger partial charge in [0.1, 0.15) is 12.4 Å². The van der Waals surface area contributed by atoms with Gasteiger partial charge in [-0.1, -0.05) is 49.4 Å². The Morgan fingerprint density at radius 1 is 0.897 bits per heavy atom. The SMILES string of the molecule is CCCN(c1ccccc1)c1cccc(COc2ccc(CCC(=O)O)cc2)c1. The minimum atomic E-state index is -0.780. The van der Waals surface area contributed by atoms with Crippen LogP contribution >= 0.6 is 0 Å². The van der Waals surface area contributed by atoms with Gasteiger partial charge in [-0.2, -0.15) is 0 Å². The van der Waals surface area contributed by atoms with Crippen LogP contribution in [-0.4, -0.2) is 17.6 Å². The molecule has 3 aromatic carbocycles. The molecular formula is C25H27NO3. The van der Waals surface area contributed by atoms with E-state index in [9.17, 15) is 4.79 Å². The van der Waals surface area contributed by atoms with Crippen molar-refractivity contribution in [3.63, 3.8) is 0 Å². The summed E-state index contributed by atoms with van der Waals surface area (Å²) in [6.45, 7) is 3.62. The molecule has 0 saturated heterocycles. The summed E-state index contributed by atoms with van der Waals surface area (Å²) in [5.74, 6) is 0.000722. The van der Waals surface area contributed by atoms with Crippen molar-refractivity contribution < 1.29 is 14.6 Å². The van der Waals surface area contributed by atoms with Crippen molar-refractivity contribution in [2.75, 3.05) is 11.4 Å². The van der Waals surface area contributed by atoms with Crippen LogP contribution in [0.1, 0.15) is 30.9 Å². The molecule has 0 aromatic heterocycles. The molecule has 0 bridgehead atoms. The Kier molecular flexibility index (Phi) is 7.28. The van der Waals surface area contributed by atoms with Crippen molar-refractivity contribution in [1.82, 2.24) is 0 Å². The molecule has 0 radical (unpaired) electrons. The number of benzene rings is 3. The monoisotopic (exact) mass is 389 g/mol. The number of rotatable bonds is 10. The molecule has 3 rings (SSSR count). The van der Waals surface area contributed by atoms with Gasteiger partial charge in [-0.15, -0.1) is 0 Å². The molecule has 0 aliphatic rings. The second kappa shape index (κ2) is 10.3. The predicted octanol–water partition coefficient (Wildman–Crippen LogP) is 5.83. The molecule has 1 N–H and O–H groups in total. The molecule has 29 heavy (non-hydrogen) atoms. The van der Waals surface area contributed by atoms with E-state index < -0.39 is 5.97 Å². The Morgan fingerprint density at radius 3 is 2.31 bits per heavy atom. The highest BCUT2D eigenvalue weighted by Crippen LogP contribution is 2.26. The zero-order chi connectivity index (χ0) is 20.5. The second-order valence-corrected chi connectivity index (χ2v) is 6.98. The largest absolute Gasteiger partial charge is 0.489 e. The highest BCUT2D eigenvalue weighted by atomic mass is 16.5. The van der Waals surface area contributed by atoms with Gasteiger partial charge in [0, 0.05) is 24.3 Å². The molecule has 4 heteroatoms. The molecule has 0 unspecified atom stereocenters. The third-order valence-electron chi connectivity index (χ3n) is 4.69. The van der Waals surface area contributed by atoms with E-state index in [0.29, 0.717) is 13.0 Å². The van der Waals surface area contributed by atoms with E-state index in [2.05, 4.69) is 60.4 Å². The second-order valence-electron chi connectivity index (χ2n) is 6.98. The van der Waals surface area contributed by atoms with Crippen LogP contribution in [0.5, 0.6) is 5.75 Å². The molecule has 0 aliphatic carbocycles. The van der Waals surface area contributed by atoms with Gasteiger partial charge in [-0.05, 0) is 60.4 Å². The fraction of sp³-hybridized carbons (Fsp3) is 0.240. The molecule has 0 fully saturated rings. The molecule has 4 nitrogen and oxygen atoms in total. The molecule has 0 spiro atoms. The number of hydrogen-bond acceptors (Lipinski definition) is 3. The number of aryl methyl sites for hydroxylation is 1. The maximum atomic E-state index is 10.7. The van der Waals surface area contributed by atoms with Gasteiger partial charge in [0.05, 0.1) is 0 Å². The van der Waals surface area contributed by atoms with Gasteiger partial charge in [-0.3, -0.25) is 4.79 Å². The van der Waals surface area contributed by atoms with E-state index in [-0.39, 0.29) is 6.42 Å². The lowest BCUT2D eigenvalue weighted by Crippen LogP contribution is -2.17. The van der Waals surface area contributed by atoms with E-state index in [1.807, 2.05) is 30.3 Å². The summed E-state index contributed by atoms with van der Waals surface area (Å²) in [5, 5.41) is 8.78. The summed E-state index contributed by atoms with van der Waals surface area (Å²) in [7, 11) is 0. The first-order valence-corrected chi connectivity index (χ1v) is 10.0. The number of carboxylic acids is 1. The average molecular weight is 389 g/mol. The maximum absolute atomic E-state index is 10.7. The van der Waals surface area contributed by atoms with Crippen molar-refractivity contribution in [2.45, 2.75) is 32.8 Å². The van der Waals surface area contributed by atoms with Gasteiger partial charge in [-0.25, -0.2) is 0 Å². The molecule has 0 atom stereocenters. The van der Waals surface area contributed by atoms with Crippen molar-refractivity contribution in [1.29, 1.82) is 0 Å². The van der Waals surface area contributed by atoms with Gasteiger partial charge in [0.25, 0.3) is 0 Å². The quantitative estimate of drug-likeness (QED) is 0.474. The van der Waals surface area contributed by atoms with Gasteiger partial charge >= 0.3 is 5.97 Å². The number of para-hydroxylation sites is 1. The highest BCUT2D eigenvalue weighted by molar-refractivity contribution is 5.67. The fourth-order valence-corrected chi connectivity index (χ4v) is 3.22. The number of carbonyl (C=O) groups is 1. The smallest absolute Gasteiger partial charge is 0.303 e. The van der Waals surface area contributed by atoms with E-state index in [4.69, 9.17) is 9.84 Å². The van der Waals surface area contributed by atoms with Gasteiger partial charge in [0.15, 0.2) is 0 Å². The summed E-state index contributed by atoms with van der Waals surface area (Å²) in [5.41, 5.74) is 4.45. The minimum Gasteiger partial charge on any atom is -0.489 e. The minimum absolute atomic E-state index is 0.142. The van der Waals surface area contributed by atoms with Crippen LogP contribution in [0.15, 0.2) is 78.9 Å². The van der Waals surface area contributed by atoms with E-state index in [1.165, 1.54) is 5.69 Å². The highest BCUT2D eigenvalue weighted by Gasteiger charge is 2.09. The van der Waals surface area contributed by atoms with Crippen LogP contribution in [-0.2, 0) is 17.8 Å². The number of ether oxygens (including phenoxy) is 1. The third-order valence-corrected chi connectivity index (χ3v) is 4.69. The third kappa shape index (κ3) is 6.11. The van der Waals surface area contributed by atoms with Crippen LogP contribution in [0, 0.1) is 0 Å². The zero-order valence-electron chi connectivity index (χ0n) is 16.8. The fourth-order valence-electron chi connectivity index (χ4n) is 3.22. The Morgan fingerprint density at radius 2 is 1.62 bits per heavy atom. The summed E-state index contributed by atoms with van der Waals surface area (Å²) in [6, 6.07) is 26.5. The molecule has 3 aromatic rings. The molecule has 0 aliphatic heterocycles. The number of hydrogen-bond donors (Lipinski definition) is 1. The van der Waals surface area contributed by atoms with Crippen molar-refractivity contribution in [3.8, 4) is 5.75 Å². The van der Waals surface area contributed by atoms with Crippen LogP contribution in [0.3, 0.4) is 0 Å². The van der Waals surface area contributed by atoms with Crippen molar-refractivity contribution >= 4 is 17.3 Å². The predicted molar refractivity (Wildman–Crippen MR) is 117 cm³/mol. The van der Waals surface area contributed by atoms with E-state index in [1.54, 1.807) is 0 Å². The first kappa shape index (κ1) is 20.5. The van der Waals surface area contributed by atoms with Crippen LogP contribution in [0.25, 0.3) is 0 Å². The molecule has 0 heterocycles. The zero-order valence-corrected chi connectivity index (χ0v) is 16.8. The van der Waals surface area contributed by atoms with Gasteiger partial charge in [0.2, 0.25) is 0 Å². The standard InChI is InChI=1S/C25H27NO3/c1-2-17-26(22-8-4-3-5-9-22)23-10-6-7-21(18-23)19-29-24-14-11-20(12-15-24)13-16-25(27)28/h3-12,14-15,18H,2,13,16-17,19H2,1H3,(H,27,28). The Labute approximate surface area is 172 Å². The van der Waals surface area contributed by atoms with Crippen LogP contribution in [0.2, 0.25) is 0 Å². The van der Waals surface area contributed by atoms with Crippen molar-refractivity contribution in [2.24, 2.45) is 0 Å². The molecule has 150 valence electrons. The Bertz CT molecular complexity index is 907. The summed E-state index contributed by atoms with van der Waals surface area (Å²) >= 11 is 0. The number of carboxylic acid groups (broad SMARTS) is 1. The number of nitrogens with zero attached hydrogens (tertiary/aromatic N) is 1. The summed E-state index contributed by atoms with van der Waals surface area (Å²) < 4.78 is 5.94. The topological polar surface area (TPSA) is 49.8 Å². The maximum Gasteiger partial charge on any atom is 0.303 e. The lowest BCUT2D eigenvalue weighted by molar-refractivity contribution is -0.136. The number of aliphatic carboxylic acids is 1. The first-order chi connectivity index (χ1) is 14.2. The molecule has 0 amide bonds. The Balaban J connectivity index is 1.65. The molecule has 0 saturated carbocycles. The van der Waals surface area contributed by atoms with Crippen LogP contribution < -0.4 is 9.64 Å². The van der Waals surface area contributed by atoms with E-state index >= 15 is 0 Å². The summed E-state index contributed by atoms with van der Waals surface area (Å²) in [6.07, 6.45) is 1.73. The lowest BCUT2D eigenvalue weighted by Gasteiger charge is -2.25. The van der Waals surface area contributed by atoms with Crippen LogP contribution in [0.4, 0.5) is 11.4 Å². The van der Waals surface area contributed by atoms with Gasteiger partial charge < -0.3 is 14.7 Å². The van der Waals surface area contributed by atoms with Crippen molar-refractivity contribution in [3.05, 3.63) is 90.0 Å². The van der Waals surface area contributed by atoms with E-state index in [0.717, 1.165) is 35.5 Å². The Hall–Kier alpha value is -3.27. The first-order valence-electron chi connectivity index (χ1n) is 10.0. The normalized spacial score (nSPS) is 10.5. The lowest BCUT2D eigenvalue weighted by atomic mass is 10.1.